The van der Waals surface area contributed by atoms with E-state index < -0.39 is 0 Å². The number of hydrazone groups is 1. The highest BCUT2D eigenvalue weighted by molar-refractivity contribution is 9.09. The van der Waals surface area contributed by atoms with E-state index in [1.807, 2.05) is 18.2 Å². The number of rotatable bonds is 8. The second-order valence-electron chi connectivity index (χ2n) is 6.92. The highest BCUT2D eigenvalue weighted by atomic mass is 79.9. The molecule has 1 amide bonds. The molecule has 1 aromatic carbocycles. The fraction of sp³-hybridized carbons (Fsp3) is 0.524. The molecule has 0 N–H and O–H groups in total. The molecule has 0 fully saturated rings. The third kappa shape index (κ3) is 4.37. The average molecular weight is 435 g/mol. The van der Waals surface area contributed by atoms with Crippen molar-refractivity contribution in [3.05, 3.63) is 35.9 Å². The molecule has 27 heavy (non-hydrogen) atoms. The molecule has 0 aromatic heterocycles. The van der Waals surface area contributed by atoms with Gasteiger partial charge in [0.1, 0.15) is 0 Å². The van der Waals surface area contributed by atoms with Crippen molar-refractivity contribution in [2.24, 2.45) is 16.9 Å². The molecule has 1 aromatic rings. The topological polar surface area (TPSA) is 51.1 Å². The van der Waals surface area contributed by atoms with Crippen molar-refractivity contribution in [3.63, 3.8) is 0 Å². The molecule has 0 saturated heterocycles. The minimum absolute atomic E-state index is 0.0215. The van der Waals surface area contributed by atoms with Crippen molar-refractivity contribution >= 4 is 27.5 Å². The Morgan fingerprint density at radius 2 is 1.81 bits per heavy atom. The van der Waals surface area contributed by atoms with E-state index in [0.717, 1.165) is 48.7 Å². The number of nitrogens with zero attached hydrogens (tertiary/aromatic N) is 2. The molecule has 2 aliphatic rings. The standard InChI is InChI=1S/C21H27BrN2O3/c1-26-18-11-10-15(14-19(18)27-2)20-16-8-4-5-9-17(16)21(25)24(23-20)13-7-3-6-12-22/h4-5,10-11,14,16-17H,3,6-9,12-13H2,1-2H3/t16-,17+/m1/s1. The molecule has 1 aliphatic carbocycles. The molecule has 146 valence electrons. The predicted octanol–water partition coefficient (Wildman–Crippen LogP) is 4.40. The van der Waals surface area contributed by atoms with Gasteiger partial charge in [-0.05, 0) is 43.9 Å². The summed E-state index contributed by atoms with van der Waals surface area (Å²) in [6.07, 6.45) is 9.09. The Bertz CT molecular complexity index is 732. The van der Waals surface area contributed by atoms with Crippen molar-refractivity contribution in [1.82, 2.24) is 5.01 Å². The van der Waals surface area contributed by atoms with Gasteiger partial charge in [0, 0.05) is 23.4 Å². The van der Waals surface area contributed by atoms with E-state index in [-0.39, 0.29) is 17.7 Å². The zero-order valence-electron chi connectivity index (χ0n) is 16.0. The van der Waals surface area contributed by atoms with Crippen molar-refractivity contribution in [1.29, 1.82) is 0 Å². The van der Waals surface area contributed by atoms with Gasteiger partial charge in [-0.1, -0.05) is 34.5 Å². The number of halogens is 1. The lowest BCUT2D eigenvalue weighted by Gasteiger charge is -2.37. The smallest absolute Gasteiger partial charge is 0.246 e. The molecule has 1 heterocycles. The molecule has 2 atom stereocenters. The Labute approximate surface area is 169 Å². The van der Waals surface area contributed by atoms with Crippen LogP contribution in [0.2, 0.25) is 0 Å². The Hall–Kier alpha value is -1.82. The van der Waals surface area contributed by atoms with Crippen LogP contribution in [0.5, 0.6) is 11.5 Å². The average Bonchev–Trinajstić information content (AvgIpc) is 2.72. The number of methoxy groups -OCH3 is 2. The fourth-order valence-electron chi connectivity index (χ4n) is 3.79. The van der Waals surface area contributed by atoms with Crippen molar-refractivity contribution < 1.29 is 14.3 Å². The number of unbranched alkanes of at least 4 members (excludes halogenated alkanes) is 2. The van der Waals surface area contributed by atoms with Crippen LogP contribution in [0, 0.1) is 11.8 Å². The first kappa shape index (κ1) is 19.9. The Balaban J connectivity index is 1.91. The molecular formula is C21H27BrN2O3. The number of benzene rings is 1. The summed E-state index contributed by atoms with van der Waals surface area (Å²) in [5.74, 6) is 1.64. The van der Waals surface area contributed by atoms with Crippen LogP contribution < -0.4 is 9.47 Å². The van der Waals surface area contributed by atoms with E-state index >= 15 is 0 Å². The second-order valence-corrected chi connectivity index (χ2v) is 7.71. The van der Waals surface area contributed by atoms with E-state index in [1.165, 1.54) is 0 Å². The number of hydrogen-bond donors (Lipinski definition) is 0. The quantitative estimate of drug-likeness (QED) is 0.346. The molecular weight excluding hydrogens is 408 g/mol. The Morgan fingerprint density at radius 1 is 1.07 bits per heavy atom. The third-order valence-electron chi connectivity index (χ3n) is 5.27. The van der Waals surface area contributed by atoms with Crippen LogP contribution in [0.3, 0.4) is 0 Å². The fourth-order valence-corrected chi connectivity index (χ4v) is 4.19. The van der Waals surface area contributed by atoms with E-state index in [2.05, 4.69) is 28.1 Å². The zero-order valence-corrected chi connectivity index (χ0v) is 17.6. The SMILES string of the molecule is COc1ccc(C2=NN(CCCCCBr)C(=O)[C@H]3CC=CC[C@@H]23)cc1OC. The summed E-state index contributed by atoms with van der Waals surface area (Å²) in [6, 6.07) is 5.88. The van der Waals surface area contributed by atoms with Gasteiger partial charge in [0.2, 0.25) is 5.91 Å². The summed E-state index contributed by atoms with van der Waals surface area (Å²) >= 11 is 3.46. The zero-order chi connectivity index (χ0) is 19.2. The van der Waals surface area contributed by atoms with Crippen molar-refractivity contribution in [2.75, 3.05) is 26.1 Å². The van der Waals surface area contributed by atoms with Gasteiger partial charge in [-0.3, -0.25) is 4.79 Å². The first-order valence-electron chi connectivity index (χ1n) is 9.52. The number of fused-ring (bicyclic) bond motifs is 1. The van der Waals surface area contributed by atoms with Crippen LogP contribution in [0.4, 0.5) is 0 Å². The number of ether oxygens (including phenoxy) is 2. The van der Waals surface area contributed by atoms with Gasteiger partial charge in [-0.2, -0.15) is 5.10 Å². The maximum atomic E-state index is 13.0. The Kier molecular flexibility index (Phi) is 6.94. The summed E-state index contributed by atoms with van der Waals surface area (Å²) in [6.45, 7) is 0.676. The third-order valence-corrected chi connectivity index (χ3v) is 5.83. The first-order chi connectivity index (χ1) is 13.2. The lowest BCUT2D eigenvalue weighted by atomic mass is 9.76. The van der Waals surface area contributed by atoms with Gasteiger partial charge in [0.15, 0.2) is 11.5 Å². The minimum atomic E-state index is -0.0215. The van der Waals surface area contributed by atoms with Gasteiger partial charge in [0.25, 0.3) is 0 Å². The van der Waals surface area contributed by atoms with Gasteiger partial charge >= 0.3 is 0 Å². The van der Waals surface area contributed by atoms with Crippen molar-refractivity contribution in [2.45, 2.75) is 32.1 Å². The number of alkyl halides is 1. The number of allylic oxidation sites excluding steroid dienone is 2. The van der Waals surface area contributed by atoms with Crippen LogP contribution in [-0.4, -0.2) is 42.7 Å². The number of carbonyl (C=O) groups excluding carboxylic acids is 1. The molecule has 1 aliphatic heterocycles. The van der Waals surface area contributed by atoms with Crippen LogP contribution in [0.25, 0.3) is 0 Å². The molecule has 6 heteroatoms. The lowest BCUT2D eigenvalue weighted by Crippen LogP contribution is -2.45. The molecule has 3 rings (SSSR count). The summed E-state index contributed by atoms with van der Waals surface area (Å²) in [5, 5.41) is 7.50. The number of carbonyl (C=O) groups is 1. The minimum Gasteiger partial charge on any atom is -0.493 e. The summed E-state index contributed by atoms with van der Waals surface area (Å²) in [5.41, 5.74) is 1.97. The van der Waals surface area contributed by atoms with Crippen molar-refractivity contribution in [3.8, 4) is 11.5 Å². The van der Waals surface area contributed by atoms with Gasteiger partial charge in [-0.15, -0.1) is 0 Å². The van der Waals surface area contributed by atoms with Crippen LogP contribution >= 0.6 is 15.9 Å². The Morgan fingerprint density at radius 3 is 2.52 bits per heavy atom. The van der Waals surface area contributed by atoms with E-state index in [4.69, 9.17) is 14.6 Å². The molecule has 0 unspecified atom stereocenters. The van der Waals surface area contributed by atoms with Gasteiger partial charge in [-0.25, -0.2) is 5.01 Å². The van der Waals surface area contributed by atoms with E-state index in [0.29, 0.717) is 18.0 Å². The van der Waals surface area contributed by atoms with Gasteiger partial charge in [0.05, 0.1) is 25.8 Å². The number of amides is 1. The van der Waals surface area contributed by atoms with Crippen LogP contribution in [-0.2, 0) is 4.79 Å². The van der Waals surface area contributed by atoms with Crippen LogP contribution in [0.15, 0.2) is 35.5 Å². The van der Waals surface area contributed by atoms with Crippen LogP contribution in [0.1, 0.15) is 37.7 Å². The summed E-state index contributed by atoms with van der Waals surface area (Å²) in [7, 11) is 3.27. The molecule has 0 spiro atoms. The predicted molar refractivity (Wildman–Crippen MR) is 111 cm³/mol. The van der Waals surface area contributed by atoms with E-state index in [9.17, 15) is 4.79 Å². The largest absolute Gasteiger partial charge is 0.493 e. The first-order valence-corrected chi connectivity index (χ1v) is 10.6. The summed E-state index contributed by atoms with van der Waals surface area (Å²) in [4.78, 5) is 13.0. The molecule has 0 radical (unpaired) electrons. The van der Waals surface area contributed by atoms with Gasteiger partial charge < -0.3 is 9.47 Å². The highest BCUT2D eigenvalue weighted by Crippen LogP contribution is 2.36. The normalized spacial score (nSPS) is 21.7. The monoisotopic (exact) mass is 434 g/mol. The molecule has 0 bridgehead atoms. The molecule has 5 nitrogen and oxygen atoms in total. The van der Waals surface area contributed by atoms with E-state index in [1.54, 1.807) is 19.2 Å². The maximum Gasteiger partial charge on any atom is 0.246 e. The highest BCUT2D eigenvalue weighted by Gasteiger charge is 2.39. The number of hydrogen-bond acceptors (Lipinski definition) is 4. The lowest BCUT2D eigenvalue weighted by molar-refractivity contribution is -0.137. The molecule has 0 saturated carbocycles. The summed E-state index contributed by atoms with van der Waals surface area (Å²) < 4.78 is 10.8. The maximum absolute atomic E-state index is 13.0. The second kappa shape index (κ2) is 9.40.